The van der Waals surface area contributed by atoms with Crippen molar-refractivity contribution in [1.82, 2.24) is 10.2 Å². The molecule has 17 heavy (non-hydrogen) atoms. The van der Waals surface area contributed by atoms with E-state index >= 15 is 0 Å². The lowest BCUT2D eigenvalue weighted by atomic mass is 10.2. The van der Waals surface area contributed by atoms with Gasteiger partial charge in [0.2, 0.25) is 0 Å². The number of nitrogens with two attached hydrogens (primary N) is 1. The molecule has 0 saturated carbocycles. The summed E-state index contributed by atoms with van der Waals surface area (Å²) in [4.78, 5) is 2.18. The van der Waals surface area contributed by atoms with Crippen LogP contribution in [0.25, 0.3) is 0 Å². The summed E-state index contributed by atoms with van der Waals surface area (Å²) < 4.78 is 23.4. The van der Waals surface area contributed by atoms with E-state index in [1.807, 2.05) is 0 Å². The van der Waals surface area contributed by atoms with Gasteiger partial charge in [0.1, 0.15) is 0 Å². The van der Waals surface area contributed by atoms with Gasteiger partial charge in [-0.25, -0.2) is 8.42 Å². The number of hydrogen-bond donors (Lipinski definition) is 2. The zero-order valence-electron chi connectivity index (χ0n) is 11.1. The SMILES string of the molecule is CC(C)(C)S(=O)(=O)CCN1CCNCC1CN. The number of nitrogens with zero attached hydrogens (tertiary/aromatic N) is 1. The number of nitrogens with one attached hydrogen (secondary N) is 1. The second-order valence-corrected chi connectivity index (χ2v) is 8.42. The molecule has 1 rings (SSSR count). The van der Waals surface area contributed by atoms with Crippen molar-refractivity contribution in [2.24, 2.45) is 5.73 Å². The van der Waals surface area contributed by atoms with Crippen LogP contribution in [0.4, 0.5) is 0 Å². The van der Waals surface area contributed by atoms with Crippen molar-refractivity contribution in [3.8, 4) is 0 Å². The fraction of sp³-hybridized carbons (Fsp3) is 1.00. The van der Waals surface area contributed by atoms with E-state index < -0.39 is 14.6 Å². The van der Waals surface area contributed by atoms with Crippen molar-refractivity contribution in [2.45, 2.75) is 31.6 Å². The summed E-state index contributed by atoms with van der Waals surface area (Å²) in [5, 5.41) is 3.27. The number of sulfone groups is 1. The summed E-state index contributed by atoms with van der Waals surface area (Å²) in [6, 6.07) is 0.263. The van der Waals surface area contributed by atoms with Crippen LogP contribution in [0.1, 0.15) is 20.8 Å². The van der Waals surface area contributed by atoms with Gasteiger partial charge in [0, 0.05) is 38.8 Å². The zero-order chi connectivity index (χ0) is 13.1. The summed E-state index contributed by atoms with van der Waals surface area (Å²) in [7, 11) is -3.03. The average Bonchev–Trinajstić information content (AvgIpc) is 2.25. The third-order valence-corrected chi connectivity index (χ3v) is 5.91. The minimum Gasteiger partial charge on any atom is -0.329 e. The molecular weight excluding hydrogens is 238 g/mol. The Hall–Kier alpha value is -0.170. The normalized spacial score (nSPS) is 23.9. The standard InChI is InChI=1S/C11H25N3O2S/c1-11(2,3)17(15,16)7-6-14-5-4-13-9-10(14)8-12/h10,13H,4-9,12H2,1-3H3. The third kappa shape index (κ3) is 3.91. The first kappa shape index (κ1) is 14.9. The van der Waals surface area contributed by atoms with E-state index in [1.165, 1.54) is 0 Å². The van der Waals surface area contributed by atoms with Gasteiger partial charge in [-0.05, 0) is 20.8 Å². The molecule has 0 spiro atoms. The van der Waals surface area contributed by atoms with Gasteiger partial charge in [-0.2, -0.15) is 0 Å². The van der Waals surface area contributed by atoms with Crippen LogP contribution >= 0.6 is 0 Å². The van der Waals surface area contributed by atoms with Gasteiger partial charge in [-0.1, -0.05) is 0 Å². The number of hydrogen-bond acceptors (Lipinski definition) is 5. The van der Waals surface area contributed by atoms with Crippen molar-refractivity contribution in [1.29, 1.82) is 0 Å². The van der Waals surface area contributed by atoms with E-state index in [0.29, 0.717) is 13.1 Å². The van der Waals surface area contributed by atoms with Gasteiger partial charge in [0.15, 0.2) is 9.84 Å². The lowest BCUT2D eigenvalue weighted by Gasteiger charge is -2.35. The largest absolute Gasteiger partial charge is 0.329 e. The second-order valence-electron chi connectivity index (χ2n) is 5.56. The Kier molecular flexibility index (Phi) is 4.95. The van der Waals surface area contributed by atoms with E-state index in [-0.39, 0.29) is 11.8 Å². The van der Waals surface area contributed by atoms with Crippen molar-refractivity contribution < 1.29 is 8.42 Å². The Morgan fingerprint density at radius 1 is 1.41 bits per heavy atom. The molecule has 0 radical (unpaired) electrons. The highest BCUT2D eigenvalue weighted by atomic mass is 32.2. The van der Waals surface area contributed by atoms with Gasteiger partial charge in [-0.3, -0.25) is 4.90 Å². The van der Waals surface area contributed by atoms with Gasteiger partial charge in [-0.15, -0.1) is 0 Å². The fourth-order valence-corrected chi connectivity index (χ4v) is 2.96. The van der Waals surface area contributed by atoms with Crippen LogP contribution in [0.15, 0.2) is 0 Å². The van der Waals surface area contributed by atoms with Crippen molar-refractivity contribution >= 4 is 9.84 Å². The van der Waals surface area contributed by atoms with E-state index in [4.69, 9.17) is 5.73 Å². The summed E-state index contributed by atoms with van der Waals surface area (Å²) in [5.74, 6) is 0.215. The fourth-order valence-electron chi connectivity index (χ4n) is 1.87. The molecule has 0 aromatic carbocycles. The highest BCUT2D eigenvalue weighted by molar-refractivity contribution is 7.92. The summed E-state index contributed by atoms with van der Waals surface area (Å²) in [6.45, 7) is 9.05. The molecular formula is C11H25N3O2S. The molecule has 0 bridgehead atoms. The number of piperazine rings is 1. The van der Waals surface area contributed by atoms with E-state index in [1.54, 1.807) is 20.8 Å². The molecule has 1 fully saturated rings. The summed E-state index contributed by atoms with van der Waals surface area (Å²) in [5.41, 5.74) is 5.69. The monoisotopic (exact) mass is 263 g/mol. The molecule has 1 saturated heterocycles. The number of rotatable bonds is 4. The Morgan fingerprint density at radius 2 is 2.06 bits per heavy atom. The Balaban J connectivity index is 2.55. The predicted molar refractivity (Wildman–Crippen MR) is 70.8 cm³/mol. The lowest BCUT2D eigenvalue weighted by molar-refractivity contribution is 0.175. The Morgan fingerprint density at radius 3 is 2.59 bits per heavy atom. The Labute approximate surface area is 105 Å². The molecule has 1 aliphatic heterocycles. The predicted octanol–water partition coefficient (Wildman–Crippen LogP) is -0.568. The first-order chi connectivity index (χ1) is 7.78. The highest BCUT2D eigenvalue weighted by Crippen LogP contribution is 2.16. The van der Waals surface area contributed by atoms with Crippen LogP contribution in [0.5, 0.6) is 0 Å². The molecule has 3 N–H and O–H groups in total. The van der Waals surface area contributed by atoms with Crippen LogP contribution < -0.4 is 11.1 Å². The lowest BCUT2D eigenvalue weighted by Crippen LogP contribution is -2.55. The maximum atomic E-state index is 12.0. The molecule has 1 aliphatic rings. The minimum atomic E-state index is -3.03. The maximum absolute atomic E-state index is 12.0. The first-order valence-electron chi connectivity index (χ1n) is 6.15. The third-order valence-electron chi connectivity index (χ3n) is 3.32. The molecule has 0 aromatic rings. The topological polar surface area (TPSA) is 75.4 Å². The molecule has 6 heteroatoms. The smallest absolute Gasteiger partial charge is 0.156 e. The Bertz CT molecular complexity index is 335. The summed E-state index contributed by atoms with van der Waals surface area (Å²) in [6.07, 6.45) is 0. The van der Waals surface area contributed by atoms with Gasteiger partial charge in [0.25, 0.3) is 0 Å². The quantitative estimate of drug-likeness (QED) is 0.710. The van der Waals surface area contributed by atoms with Gasteiger partial charge >= 0.3 is 0 Å². The molecule has 0 aliphatic carbocycles. The molecule has 102 valence electrons. The molecule has 1 unspecified atom stereocenters. The second kappa shape index (κ2) is 5.65. The van der Waals surface area contributed by atoms with Crippen molar-refractivity contribution in [2.75, 3.05) is 38.5 Å². The molecule has 0 aromatic heterocycles. The average molecular weight is 263 g/mol. The van der Waals surface area contributed by atoms with E-state index in [0.717, 1.165) is 19.6 Å². The van der Waals surface area contributed by atoms with Gasteiger partial charge < -0.3 is 11.1 Å². The van der Waals surface area contributed by atoms with E-state index in [2.05, 4.69) is 10.2 Å². The first-order valence-corrected chi connectivity index (χ1v) is 7.80. The van der Waals surface area contributed by atoms with Crippen LogP contribution in [0, 0.1) is 0 Å². The zero-order valence-corrected chi connectivity index (χ0v) is 11.9. The molecule has 0 amide bonds. The van der Waals surface area contributed by atoms with Crippen LogP contribution in [-0.4, -0.2) is 62.6 Å². The van der Waals surface area contributed by atoms with Crippen LogP contribution in [0.2, 0.25) is 0 Å². The van der Waals surface area contributed by atoms with Crippen LogP contribution in [-0.2, 0) is 9.84 Å². The van der Waals surface area contributed by atoms with Crippen molar-refractivity contribution in [3.63, 3.8) is 0 Å². The van der Waals surface area contributed by atoms with Gasteiger partial charge in [0.05, 0.1) is 10.5 Å². The highest BCUT2D eigenvalue weighted by Gasteiger charge is 2.30. The minimum absolute atomic E-state index is 0.215. The van der Waals surface area contributed by atoms with E-state index in [9.17, 15) is 8.42 Å². The molecule has 1 atom stereocenters. The van der Waals surface area contributed by atoms with Crippen molar-refractivity contribution in [3.05, 3.63) is 0 Å². The molecule has 1 heterocycles. The van der Waals surface area contributed by atoms with Crippen LogP contribution in [0.3, 0.4) is 0 Å². The maximum Gasteiger partial charge on any atom is 0.156 e. The molecule has 5 nitrogen and oxygen atoms in total. The summed E-state index contributed by atoms with van der Waals surface area (Å²) >= 11 is 0.